The van der Waals surface area contributed by atoms with Crippen LogP contribution in [0.15, 0.2) is 60.7 Å². The number of hydrogen-bond acceptors (Lipinski definition) is 6. The van der Waals surface area contributed by atoms with Crippen LogP contribution in [-0.2, 0) is 25.5 Å². The molecule has 7 heteroatoms. The Labute approximate surface area is 201 Å². The summed E-state index contributed by atoms with van der Waals surface area (Å²) < 4.78 is 19.2. The Bertz CT molecular complexity index is 1010. The lowest BCUT2D eigenvalue weighted by atomic mass is 9.83. The molecule has 7 nitrogen and oxygen atoms in total. The van der Waals surface area contributed by atoms with E-state index in [4.69, 9.17) is 14.2 Å². The first-order valence-corrected chi connectivity index (χ1v) is 11.7. The van der Waals surface area contributed by atoms with Crippen LogP contribution in [0.5, 0.6) is 0 Å². The fourth-order valence-electron chi connectivity index (χ4n) is 4.64. The number of likely N-dealkylation sites (tertiary alicyclic amines) is 1. The van der Waals surface area contributed by atoms with Gasteiger partial charge in [0.15, 0.2) is 6.10 Å². The summed E-state index contributed by atoms with van der Waals surface area (Å²) in [7, 11) is 1.59. The molecule has 0 spiro atoms. The van der Waals surface area contributed by atoms with E-state index in [0.29, 0.717) is 18.7 Å². The van der Waals surface area contributed by atoms with Crippen molar-refractivity contribution >= 4 is 11.9 Å². The molecule has 4 rings (SSSR count). The first-order valence-electron chi connectivity index (χ1n) is 11.7. The van der Waals surface area contributed by atoms with Crippen molar-refractivity contribution in [3.8, 4) is 0 Å². The van der Waals surface area contributed by atoms with Crippen LogP contribution in [0.2, 0.25) is 0 Å². The van der Waals surface area contributed by atoms with Gasteiger partial charge in [-0.2, -0.15) is 0 Å². The molecule has 2 aliphatic heterocycles. The van der Waals surface area contributed by atoms with Crippen molar-refractivity contribution in [1.29, 1.82) is 0 Å². The van der Waals surface area contributed by atoms with E-state index in [0.717, 1.165) is 5.56 Å². The Morgan fingerprint density at radius 3 is 2.18 bits per heavy atom. The Balaban J connectivity index is 1.72. The zero-order valence-corrected chi connectivity index (χ0v) is 20.5. The van der Waals surface area contributed by atoms with Crippen LogP contribution in [0.4, 0.5) is 0 Å². The molecule has 0 aliphatic carbocycles. The summed E-state index contributed by atoms with van der Waals surface area (Å²) in [5.41, 5.74) is 0.256. The van der Waals surface area contributed by atoms with E-state index in [1.165, 1.54) is 0 Å². The van der Waals surface area contributed by atoms with E-state index in [9.17, 15) is 9.59 Å². The fraction of sp³-hybridized carbons (Fsp3) is 0.481. The zero-order chi connectivity index (χ0) is 24.5. The van der Waals surface area contributed by atoms with Crippen LogP contribution in [0.1, 0.15) is 43.6 Å². The molecular formula is C27H34N2O5. The van der Waals surface area contributed by atoms with Crippen LogP contribution < -0.4 is 5.32 Å². The minimum atomic E-state index is -0.856. The number of ether oxygens (including phenoxy) is 3. The summed E-state index contributed by atoms with van der Waals surface area (Å²) >= 11 is 0. The summed E-state index contributed by atoms with van der Waals surface area (Å²) in [5, 5.41) is 2.76. The second-order valence-electron chi connectivity index (χ2n) is 9.97. The van der Waals surface area contributed by atoms with Gasteiger partial charge >= 0.3 is 5.97 Å². The molecule has 182 valence electrons. The molecule has 0 radical (unpaired) electrons. The number of benzene rings is 2. The summed E-state index contributed by atoms with van der Waals surface area (Å²) in [4.78, 5) is 28.4. The van der Waals surface area contributed by atoms with E-state index in [1.54, 1.807) is 31.3 Å². The molecule has 2 aromatic carbocycles. The van der Waals surface area contributed by atoms with Crippen LogP contribution in [0, 0.1) is 0 Å². The molecule has 1 N–H and O–H groups in total. The van der Waals surface area contributed by atoms with Crippen molar-refractivity contribution in [3.63, 3.8) is 0 Å². The Morgan fingerprint density at radius 2 is 1.56 bits per heavy atom. The highest BCUT2D eigenvalue weighted by atomic mass is 16.6. The minimum Gasteiger partial charge on any atom is -0.454 e. The molecule has 1 amide bonds. The number of carbonyl (C=O) groups excluding carboxylic acids is 2. The monoisotopic (exact) mass is 466 g/mol. The average molecular weight is 467 g/mol. The van der Waals surface area contributed by atoms with Crippen molar-refractivity contribution in [2.75, 3.05) is 13.6 Å². The molecule has 2 aliphatic rings. The van der Waals surface area contributed by atoms with Gasteiger partial charge in [0.05, 0.1) is 16.8 Å². The maximum absolute atomic E-state index is 13.2. The molecule has 4 atom stereocenters. The second-order valence-corrected chi connectivity index (χ2v) is 9.97. The first kappa shape index (κ1) is 24.4. The predicted octanol–water partition coefficient (Wildman–Crippen LogP) is 3.18. The molecule has 0 bridgehead atoms. The number of piperidine rings is 1. The molecule has 2 aromatic rings. The lowest BCUT2D eigenvalue weighted by Gasteiger charge is -2.57. The third-order valence-corrected chi connectivity index (χ3v) is 7.13. The van der Waals surface area contributed by atoms with Crippen LogP contribution >= 0.6 is 0 Å². The van der Waals surface area contributed by atoms with Crippen LogP contribution in [0.3, 0.4) is 0 Å². The van der Waals surface area contributed by atoms with Gasteiger partial charge in [-0.25, -0.2) is 4.79 Å². The molecule has 2 heterocycles. The van der Waals surface area contributed by atoms with Crippen LogP contribution in [0.25, 0.3) is 0 Å². The maximum Gasteiger partial charge on any atom is 0.338 e. The van der Waals surface area contributed by atoms with Gasteiger partial charge in [-0.05, 0) is 45.4 Å². The van der Waals surface area contributed by atoms with Crippen molar-refractivity contribution in [2.24, 2.45) is 0 Å². The lowest BCUT2D eigenvalue weighted by molar-refractivity contribution is -0.326. The highest BCUT2D eigenvalue weighted by Crippen LogP contribution is 2.42. The summed E-state index contributed by atoms with van der Waals surface area (Å²) in [6.45, 7) is 8.90. The number of esters is 1. The SMILES string of the molecule is CNC(=O)[C@@H]1[C@@H](OC(=O)c2ccccc2)[C@H]2OC(C)(C)C(C)(C)O[C@@H]2CN1Cc1ccccc1. The van der Waals surface area contributed by atoms with Gasteiger partial charge < -0.3 is 19.5 Å². The number of hydrogen-bond donors (Lipinski definition) is 1. The van der Waals surface area contributed by atoms with E-state index in [-0.39, 0.29) is 12.0 Å². The third kappa shape index (κ3) is 4.73. The number of amides is 1. The molecule has 0 unspecified atom stereocenters. The predicted molar refractivity (Wildman–Crippen MR) is 128 cm³/mol. The molecule has 2 fully saturated rings. The van der Waals surface area contributed by atoms with Gasteiger partial charge in [-0.15, -0.1) is 0 Å². The Kier molecular flexibility index (Phi) is 6.80. The van der Waals surface area contributed by atoms with Gasteiger partial charge in [-0.3, -0.25) is 9.69 Å². The van der Waals surface area contributed by atoms with Crippen molar-refractivity contribution in [3.05, 3.63) is 71.8 Å². The standard InChI is InChI=1S/C27H34N2O5/c1-26(2)27(3,4)34-22-20(33-26)17-29(16-18-12-8-6-9-13-18)21(24(30)28-5)23(22)32-25(31)19-14-10-7-11-15-19/h6-15,20-23H,16-17H2,1-5H3,(H,28,30)/t20-,21+,22+,23-/m1/s1. The Hall–Kier alpha value is -2.74. The van der Waals surface area contributed by atoms with Crippen molar-refractivity contribution in [2.45, 2.75) is 69.8 Å². The number of rotatable bonds is 5. The van der Waals surface area contributed by atoms with Crippen molar-refractivity contribution < 1.29 is 23.8 Å². The van der Waals surface area contributed by atoms with Gasteiger partial charge in [0.25, 0.3) is 0 Å². The fourth-order valence-corrected chi connectivity index (χ4v) is 4.64. The third-order valence-electron chi connectivity index (χ3n) is 7.13. The van der Waals surface area contributed by atoms with E-state index >= 15 is 0 Å². The number of fused-ring (bicyclic) bond motifs is 1. The highest BCUT2D eigenvalue weighted by molar-refractivity contribution is 5.90. The highest BCUT2D eigenvalue weighted by Gasteiger charge is 2.58. The topological polar surface area (TPSA) is 77.1 Å². The zero-order valence-electron chi connectivity index (χ0n) is 20.5. The van der Waals surface area contributed by atoms with Gasteiger partial charge in [0.2, 0.25) is 5.91 Å². The quantitative estimate of drug-likeness (QED) is 0.682. The van der Waals surface area contributed by atoms with Crippen LogP contribution in [-0.4, -0.2) is 65.9 Å². The molecular weight excluding hydrogens is 432 g/mol. The molecule has 2 saturated heterocycles. The molecule has 0 aromatic heterocycles. The van der Waals surface area contributed by atoms with Crippen molar-refractivity contribution in [1.82, 2.24) is 10.2 Å². The summed E-state index contributed by atoms with van der Waals surface area (Å²) in [5.74, 6) is -0.725. The Morgan fingerprint density at radius 1 is 0.971 bits per heavy atom. The smallest absolute Gasteiger partial charge is 0.338 e. The molecule has 0 saturated carbocycles. The number of carbonyl (C=O) groups is 2. The number of likely N-dealkylation sites (N-methyl/N-ethyl adjacent to an activating group) is 1. The van der Waals surface area contributed by atoms with E-state index in [2.05, 4.69) is 5.32 Å². The van der Waals surface area contributed by atoms with E-state index in [1.807, 2.05) is 69.0 Å². The summed E-state index contributed by atoms with van der Waals surface area (Å²) in [6.07, 6.45) is -1.82. The molecule has 34 heavy (non-hydrogen) atoms. The average Bonchev–Trinajstić information content (AvgIpc) is 2.81. The van der Waals surface area contributed by atoms with Gasteiger partial charge in [-0.1, -0.05) is 48.5 Å². The first-order chi connectivity index (χ1) is 16.1. The number of nitrogens with zero attached hydrogens (tertiary/aromatic N) is 1. The second kappa shape index (κ2) is 9.49. The largest absolute Gasteiger partial charge is 0.454 e. The normalized spacial score (nSPS) is 27.9. The maximum atomic E-state index is 13.2. The minimum absolute atomic E-state index is 0.230. The van der Waals surface area contributed by atoms with E-state index < -0.39 is 35.4 Å². The summed E-state index contributed by atoms with van der Waals surface area (Å²) in [6, 6.07) is 18.0. The number of nitrogens with one attached hydrogen (secondary N) is 1. The lowest BCUT2D eigenvalue weighted by Crippen LogP contribution is -2.73. The van der Waals surface area contributed by atoms with Gasteiger partial charge in [0.1, 0.15) is 18.2 Å². The van der Waals surface area contributed by atoms with Gasteiger partial charge in [0, 0.05) is 20.1 Å².